The van der Waals surface area contributed by atoms with E-state index in [1.807, 2.05) is 30.1 Å². The molecule has 2 aliphatic heterocycles. The van der Waals surface area contributed by atoms with Gasteiger partial charge < -0.3 is 20.3 Å². The quantitative estimate of drug-likeness (QED) is 0.795. The van der Waals surface area contributed by atoms with Gasteiger partial charge in [0.2, 0.25) is 0 Å². The van der Waals surface area contributed by atoms with E-state index in [0.29, 0.717) is 0 Å². The number of anilines is 1. The molecule has 0 bridgehead atoms. The second-order valence-electron chi connectivity index (χ2n) is 4.70. The van der Waals surface area contributed by atoms with E-state index in [-0.39, 0.29) is 18.6 Å². The Morgan fingerprint density at radius 1 is 1.50 bits per heavy atom. The van der Waals surface area contributed by atoms with Crippen LogP contribution in [0.4, 0.5) is 5.69 Å². The lowest BCUT2D eigenvalue weighted by atomic mass is 10.1. The largest absolute Gasteiger partial charge is 0.482 e. The van der Waals surface area contributed by atoms with E-state index in [4.69, 9.17) is 4.74 Å². The van der Waals surface area contributed by atoms with E-state index < -0.39 is 0 Å². The predicted molar refractivity (Wildman–Crippen MR) is 68.8 cm³/mol. The molecule has 0 radical (unpaired) electrons. The number of hydrogen-bond acceptors (Lipinski definition) is 4. The number of nitrogens with one attached hydrogen (secondary N) is 2. The summed E-state index contributed by atoms with van der Waals surface area (Å²) in [7, 11) is 1.91. The standard InChI is InChI=1S/C13H17N3O2/c1-14-5-9-2-3-12-11(4-9)16(10-6-15-7-10)13(17)8-18-12/h2-4,10,14-15H,5-8H2,1H3. The maximum atomic E-state index is 12.0. The molecule has 5 nitrogen and oxygen atoms in total. The zero-order chi connectivity index (χ0) is 12.5. The Hall–Kier alpha value is -1.59. The molecule has 0 atom stereocenters. The predicted octanol–water partition coefficient (Wildman–Crippen LogP) is 0.103. The van der Waals surface area contributed by atoms with Gasteiger partial charge in [0.1, 0.15) is 5.75 Å². The molecule has 5 heteroatoms. The second-order valence-corrected chi connectivity index (χ2v) is 4.70. The van der Waals surface area contributed by atoms with Gasteiger partial charge in [-0.1, -0.05) is 6.07 Å². The summed E-state index contributed by atoms with van der Waals surface area (Å²) in [6, 6.07) is 6.29. The van der Waals surface area contributed by atoms with Crippen molar-refractivity contribution in [2.75, 3.05) is 31.6 Å². The maximum absolute atomic E-state index is 12.0. The van der Waals surface area contributed by atoms with Gasteiger partial charge in [-0.25, -0.2) is 0 Å². The van der Waals surface area contributed by atoms with Crippen LogP contribution in [0.3, 0.4) is 0 Å². The van der Waals surface area contributed by atoms with Gasteiger partial charge in [-0.15, -0.1) is 0 Å². The summed E-state index contributed by atoms with van der Waals surface area (Å²) in [5.74, 6) is 0.858. The first-order chi connectivity index (χ1) is 8.79. The molecule has 2 aliphatic rings. The molecule has 18 heavy (non-hydrogen) atoms. The summed E-state index contributed by atoms with van der Waals surface area (Å²) < 4.78 is 5.49. The van der Waals surface area contributed by atoms with Gasteiger partial charge in [0.25, 0.3) is 5.91 Å². The lowest BCUT2D eigenvalue weighted by Gasteiger charge is -2.41. The number of rotatable bonds is 3. The number of ether oxygens (including phenoxy) is 1. The molecule has 2 heterocycles. The number of carbonyl (C=O) groups excluding carboxylic acids is 1. The zero-order valence-electron chi connectivity index (χ0n) is 10.4. The van der Waals surface area contributed by atoms with Gasteiger partial charge in [-0.3, -0.25) is 4.79 Å². The topological polar surface area (TPSA) is 53.6 Å². The third kappa shape index (κ3) is 1.85. The summed E-state index contributed by atoms with van der Waals surface area (Å²) in [6.07, 6.45) is 0. The molecule has 0 spiro atoms. The Morgan fingerprint density at radius 2 is 2.33 bits per heavy atom. The summed E-state index contributed by atoms with van der Waals surface area (Å²) in [5, 5.41) is 6.32. The molecule has 1 aromatic rings. The minimum atomic E-state index is 0.0515. The lowest BCUT2D eigenvalue weighted by Crippen LogP contribution is -2.61. The third-order valence-electron chi connectivity index (χ3n) is 3.41. The van der Waals surface area contributed by atoms with E-state index >= 15 is 0 Å². The van der Waals surface area contributed by atoms with Gasteiger partial charge in [0.15, 0.2) is 6.61 Å². The minimum Gasteiger partial charge on any atom is -0.482 e. The highest BCUT2D eigenvalue weighted by atomic mass is 16.5. The number of benzene rings is 1. The SMILES string of the molecule is CNCc1ccc2c(c1)N(C1CNC1)C(=O)CO2. The number of carbonyl (C=O) groups is 1. The van der Waals surface area contributed by atoms with Crippen molar-refractivity contribution >= 4 is 11.6 Å². The van der Waals surface area contributed by atoms with Crippen LogP contribution in [0.2, 0.25) is 0 Å². The van der Waals surface area contributed by atoms with Crippen LogP contribution >= 0.6 is 0 Å². The van der Waals surface area contributed by atoms with Crippen molar-refractivity contribution < 1.29 is 9.53 Å². The van der Waals surface area contributed by atoms with E-state index in [9.17, 15) is 4.79 Å². The smallest absolute Gasteiger partial charge is 0.265 e. The molecule has 1 fully saturated rings. The molecule has 96 valence electrons. The first-order valence-corrected chi connectivity index (χ1v) is 6.22. The Morgan fingerprint density at radius 3 is 3.00 bits per heavy atom. The van der Waals surface area contributed by atoms with Crippen LogP contribution in [0.5, 0.6) is 5.75 Å². The maximum Gasteiger partial charge on any atom is 0.265 e. The van der Waals surface area contributed by atoms with Crippen LogP contribution in [0.15, 0.2) is 18.2 Å². The van der Waals surface area contributed by atoms with Gasteiger partial charge in [0, 0.05) is 19.6 Å². The molecule has 0 aromatic heterocycles. The van der Waals surface area contributed by atoms with Crippen molar-refractivity contribution in [2.45, 2.75) is 12.6 Å². The van der Waals surface area contributed by atoms with Crippen molar-refractivity contribution in [3.8, 4) is 5.75 Å². The summed E-state index contributed by atoms with van der Waals surface area (Å²) in [4.78, 5) is 13.9. The van der Waals surface area contributed by atoms with Gasteiger partial charge in [-0.05, 0) is 24.7 Å². The minimum absolute atomic E-state index is 0.0515. The normalized spacial score (nSPS) is 19.2. The molecule has 0 aliphatic carbocycles. The summed E-state index contributed by atoms with van der Waals surface area (Å²) >= 11 is 0. The highest BCUT2D eigenvalue weighted by Crippen LogP contribution is 2.34. The first kappa shape index (κ1) is 11.5. The van der Waals surface area contributed by atoms with Crippen molar-refractivity contribution in [1.82, 2.24) is 10.6 Å². The van der Waals surface area contributed by atoms with Gasteiger partial charge in [-0.2, -0.15) is 0 Å². The van der Waals surface area contributed by atoms with Crippen LogP contribution in [0.25, 0.3) is 0 Å². The molecular formula is C13H17N3O2. The van der Waals surface area contributed by atoms with Crippen LogP contribution in [-0.2, 0) is 11.3 Å². The summed E-state index contributed by atoms with van der Waals surface area (Å²) in [5.41, 5.74) is 2.07. The molecule has 0 saturated carbocycles. The van der Waals surface area contributed by atoms with Crippen LogP contribution in [0, 0.1) is 0 Å². The van der Waals surface area contributed by atoms with Crippen molar-refractivity contribution in [2.24, 2.45) is 0 Å². The molecule has 2 N–H and O–H groups in total. The van der Waals surface area contributed by atoms with Crippen molar-refractivity contribution in [1.29, 1.82) is 0 Å². The van der Waals surface area contributed by atoms with Gasteiger partial charge in [0.05, 0.1) is 11.7 Å². The van der Waals surface area contributed by atoms with Gasteiger partial charge >= 0.3 is 0 Å². The van der Waals surface area contributed by atoms with E-state index in [2.05, 4.69) is 10.6 Å². The van der Waals surface area contributed by atoms with E-state index in [1.165, 1.54) is 0 Å². The van der Waals surface area contributed by atoms with E-state index in [1.54, 1.807) is 0 Å². The molecule has 3 rings (SSSR count). The van der Waals surface area contributed by atoms with Crippen LogP contribution < -0.4 is 20.3 Å². The van der Waals surface area contributed by atoms with Crippen LogP contribution in [-0.4, -0.2) is 38.7 Å². The fourth-order valence-electron chi connectivity index (χ4n) is 2.39. The average molecular weight is 247 g/mol. The fraction of sp³-hybridized carbons (Fsp3) is 0.462. The highest BCUT2D eigenvalue weighted by Gasteiger charge is 2.34. The Bertz CT molecular complexity index is 471. The molecule has 1 amide bonds. The Labute approximate surface area is 106 Å². The van der Waals surface area contributed by atoms with Crippen molar-refractivity contribution in [3.63, 3.8) is 0 Å². The third-order valence-corrected chi connectivity index (χ3v) is 3.41. The highest BCUT2D eigenvalue weighted by molar-refractivity contribution is 5.98. The molecule has 1 aromatic carbocycles. The fourth-order valence-corrected chi connectivity index (χ4v) is 2.39. The Kier molecular flexibility index (Phi) is 2.93. The van der Waals surface area contributed by atoms with E-state index in [0.717, 1.165) is 36.6 Å². The van der Waals surface area contributed by atoms with Crippen LogP contribution in [0.1, 0.15) is 5.56 Å². The first-order valence-electron chi connectivity index (χ1n) is 6.22. The number of nitrogens with zero attached hydrogens (tertiary/aromatic N) is 1. The number of amides is 1. The summed E-state index contributed by atoms with van der Waals surface area (Å²) in [6.45, 7) is 2.66. The second kappa shape index (κ2) is 4.59. The zero-order valence-corrected chi connectivity index (χ0v) is 10.4. The average Bonchev–Trinajstić information content (AvgIpc) is 2.31. The molecule has 0 unspecified atom stereocenters. The monoisotopic (exact) mass is 247 g/mol. The molecule has 1 saturated heterocycles. The molecular weight excluding hydrogens is 230 g/mol. The number of hydrogen-bond donors (Lipinski definition) is 2. The van der Waals surface area contributed by atoms with Crippen molar-refractivity contribution in [3.05, 3.63) is 23.8 Å². The Balaban J connectivity index is 1.96. The lowest BCUT2D eigenvalue weighted by molar-refractivity contribution is -0.122. The number of fused-ring (bicyclic) bond motifs is 1.